The maximum Gasteiger partial charge on any atom is 0.271 e. The van der Waals surface area contributed by atoms with Gasteiger partial charge in [-0.2, -0.15) is 5.10 Å². The fourth-order valence-electron chi connectivity index (χ4n) is 3.89. The molecule has 1 saturated heterocycles. The number of likely N-dealkylation sites (tertiary alicyclic amines) is 1. The number of fused-ring (bicyclic) bond motifs is 1. The first-order valence-corrected chi connectivity index (χ1v) is 10.1. The topological polar surface area (TPSA) is 47.9 Å². The average Bonchev–Trinajstić information content (AvgIpc) is 2.73. The van der Waals surface area contributed by atoms with Crippen LogP contribution in [0.3, 0.4) is 0 Å². The van der Waals surface area contributed by atoms with E-state index < -0.39 is 0 Å². The molecule has 1 amide bonds. The summed E-state index contributed by atoms with van der Waals surface area (Å²) in [5, 5.41) is 4.31. The number of hydrogen-bond acceptors (Lipinski definition) is 4. The number of carbonyl (C=O) groups excluding carboxylic acids is 1. The van der Waals surface area contributed by atoms with Crippen LogP contribution in [0, 0.1) is 0 Å². The van der Waals surface area contributed by atoms with E-state index in [2.05, 4.69) is 63.8 Å². The van der Waals surface area contributed by atoms with E-state index in [-0.39, 0.29) is 5.91 Å². The van der Waals surface area contributed by atoms with Crippen LogP contribution in [0.25, 0.3) is 0 Å². The molecular weight excluding hydrogens is 348 g/mol. The standard InChI is InChI=1S/C23H28N4O/c1-26-13-11-22(12-14-26)24-25-23(28)20-8-6-18(7-9-20)16-27-15-10-19-4-2-3-5-21(19)17-27/h2-9H,10-17H2,1H3,(H,25,28). The molecule has 1 N–H and O–H groups in total. The summed E-state index contributed by atoms with van der Waals surface area (Å²) in [7, 11) is 2.11. The molecule has 0 radical (unpaired) electrons. The molecule has 0 saturated carbocycles. The van der Waals surface area contributed by atoms with Gasteiger partial charge in [-0.3, -0.25) is 9.69 Å². The zero-order chi connectivity index (χ0) is 19.3. The van der Waals surface area contributed by atoms with Crippen molar-refractivity contribution in [2.75, 3.05) is 26.7 Å². The molecule has 146 valence electrons. The van der Waals surface area contributed by atoms with Crippen molar-refractivity contribution < 1.29 is 4.79 Å². The van der Waals surface area contributed by atoms with Crippen molar-refractivity contribution in [1.29, 1.82) is 0 Å². The number of nitrogens with one attached hydrogen (secondary N) is 1. The van der Waals surface area contributed by atoms with Crippen molar-refractivity contribution in [2.24, 2.45) is 5.10 Å². The van der Waals surface area contributed by atoms with Gasteiger partial charge in [0.2, 0.25) is 0 Å². The largest absolute Gasteiger partial charge is 0.306 e. The predicted molar refractivity (Wildman–Crippen MR) is 112 cm³/mol. The SMILES string of the molecule is CN1CCC(=NNC(=O)c2ccc(CN3CCc4ccccc4C3)cc2)CC1. The van der Waals surface area contributed by atoms with Crippen LogP contribution in [-0.2, 0) is 19.5 Å². The number of nitrogens with zero attached hydrogens (tertiary/aromatic N) is 3. The highest BCUT2D eigenvalue weighted by molar-refractivity contribution is 5.95. The summed E-state index contributed by atoms with van der Waals surface area (Å²) in [6, 6.07) is 16.6. The van der Waals surface area contributed by atoms with E-state index in [0.29, 0.717) is 5.56 Å². The second kappa shape index (κ2) is 8.67. The average molecular weight is 377 g/mol. The second-order valence-electron chi connectivity index (χ2n) is 7.85. The summed E-state index contributed by atoms with van der Waals surface area (Å²) in [4.78, 5) is 17.1. The Labute approximate surface area is 167 Å². The quantitative estimate of drug-likeness (QED) is 0.835. The van der Waals surface area contributed by atoms with Crippen LogP contribution in [-0.4, -0.2) is 48.1 Å². The molecule has 5 heteroatoms. The van der Waals surface area contributed by atoms with Gasteiger partial charge in [0.25, 0.3) is 5.91 Å². The molecule has 2 heterocycles. The molecular formula is C23H28N4O. The molecule has 0 aliphatic carbocycles. The molecule has 5 nitrogen and oxygen atoms in total. The highest BCUT2D eigenvalue weighted by atomic mass is 16.2. The van der Waals surface area contributed by atoms with Crippen LogP contribution in [0.2, 0.25) is 0 Å². The van der Waals surface area contributed by atoms with Crippen molar-refractivity contribution in [3.63, 3.8) is 0 Å². The Morgan fingerprint density at radius 2 is 1.68 bits per heavy atom. The molecule has 0 spiro atoms. The van der Waals surface area contributed by atoms with Gasteiger partial charge in [-0.05, 0) is 42.3 Å². The zero-order valence-electron chi connectivity index (χ0n) is 16.5. The van der Waals surface area contributed by atoms with Crippen molar-refractivity contribution in [3.05, 3.63) is 70.8 Å². The third-order valence-corrected chi connectivity index (χ3v) is 5.71. The zero-order valence-corrected chi connectivity index (χ0v) is 16.5. The Bertz CT molecular complexity index is 849. The highest BCUT2D eigenvalue weighted by Gasteiger charge is 2.16. The molecule has 0 bridgehead atoms. The van der Waals surface area contributed by atoms with Gasteiger partial charge in [-0.25, -0.2) is 5.43 Å². The van der Waals surface area contributed by atoms with Crippen molar-refractivity contribution in [2.45, 2.75) is 32.4 Å². The predicted octanol–water partition coefficient (Wildman–Crippen LogP) is 3.06. The Balaban J connectivity index is 1.31. The third-order valence-electron chi connectivity index (χ3n) is 5.71. The Morgan fingerprint density at radius 3 is 2.43 bits per heavy atom. The molecule has 2 aromatic rings. The summed E-state index contributed by atoms with van der Waals surface area (Å²) in [5.74, 6) is -0.134. The first-order valence-electron chi connectivity index (χ1n) is 10.1. The lowest BCUT2D eigenvalue weighted by atomic mass is 9.99. The lowest BCUT2D eigenvalue weighted by molar-refractivity contribution is 0.0954. The number of rotatable bonds is 4. The Hall–Kier alpha value is -2.50. The van der Waals surface area contributed by atoms with E-state index in [1.807, 2.05) is 12.1 Å². The second-order valence-corrected chi connectivity index (χ2v) is 7.85. The minimum atomic E-state index is -0.134. The van der Waals surface area contributed by atoms with E-state index in [4.69, 9.17) is 0 Å². The van der Waals surface area contributed by atoms with Crippen LogP contribution in [0.15, 0.2) is 53.6 Å². The van der Waals surface area contributed by atoms with Crippen LogP contribution in [0.4, 0.5) is 0 Å². The van der Waals surface area contributed by atoms with E-state index >= 15 is 0 Å². The van der Waals surface area contributed by atoms with E-state index in [9.17, 15) is 4.79 Å². The minimum absolute atomic E-state index is 0.134. The van der Waals surface area contributed by atoms with Crippen molar-refractivity contribution >= 4 is 11.6 Å². The first-order chi connectivity index (χ1) is 13.7. The van der Waals surface area contributed by atoms with Gasteiger partial charge >= 0.3 is 0 Å². The lowest BCUT2D eigenvalue weighted by Gasteiger charge is -2.28. The number of piperidine rings is 1. The van der Waals surface area contributed by atoms with Gasteiger partial charge in [-0.15, -0.1) is 0 Å². The smallest absolute Gasteiger partial charge is 0.271 e. The van der Waals surface area contributed by atoms with Gasteiger partial charge in [-0.1, -0.05) is 36.4 Å². The summed E-state index contributed by atoms with van der Waals surface area (Å²) < 4.78 is 0. The van der Waals surface area contributed by atoms with Gasteiger partial charge in [0, 0.05) is 56.8 Å². The number of benzene rings is 2. The maximum atomic E-state index is 12.4. The molecule has 2 aliphatic heterocycles. The molecule has 28 heavy (non-hydrogen) atoms. The summed E-state index contributed by atoms with van der Waals surface area (Å²) in [6.07, 6.45) is 2.95. The summed E-state index contributed by atoms with van der Waals surface area (Å²) in [6.45, 7) is 4.98. The summed E-state index contributed by atoms with van der Waals surface area (Å²) in [5.41, 5.74) is 8.58. The molecule has 2 aromatic carbocycles. The Morgan fingerprint density at radius 1 is 0.964 bits per heavy atom. The number of hydrazone groups is 1. The Kier molecular flexibility index (Phi) is 5.84. The normalized spacial score (nSPS) is 17.8. The lowest BCUT2D eigenvalue weighted by Crippen LogP contribution is -2.32. The van der Waals surface area contributed by atoms with E-state index in [1.54, 1.807) is 0 Å². The molecule has 0 aromatic heterocycles. The molecule has 2 aliphatic rings. The maximum absolute atomic E-state index is 12.4. The van der Waals surface area contributed by atoms with Crippen molar-refractivity contribution in [3.8, 4) is 0 Å². The van der Waals surface area contributed by atoms with Crippen LogP contribution in [0.1, 0.15) is 39.9 Å². The molecule has 0 unspecified atom stereocenters. The fourth-order valence-corrected chi connectivity index (χ4v) is 3.89. The van der Waals surface area contributed by atoms with Gasteiger partial charge in [0.05, 0.1) is 0 Å². The van der Waals surface area contributed by atoms with E-state index in [0.717, 1.165) is 57.7 Å². The van der Waals surface area contributed by atoms with Gasteiger partial charge < -0.3 is 4.90 Å². The van der Waals surface area contributed by atoms with Crippen molar-refractivity contribution in [1.82, 2.24) is 15.2 Å². The van der Waals surface area contributed by atoms with Crippen LogP contribution < -0.4 is 5.43 Å². The number of amides is 1. The minimum Gasteiger partial charge on any atom is -0.306 e. The third kappa shape index (κ3) is 4.66. The molecule has 1 fully saturated rings. The first kappa shape index (κ1) is 18.8. The molecule has 4 rings (SSSR count). The molecule has 0 atom stereocenters. The number of carbonyl (C=O) groups is 1. The van der Waals surface area contributed by atoms with Gasteiger partial charge in [0.15, 0.2) is 0 Å². The van der Waals surface area contributed by atoms with E-state index in [1.165, 1.54) is 16.7 Å². The fraction of sp³-hybridized carbons (Fsp3) is 0.391. The number of hydrogen-bond donors (Lipinski definition) is 1. The summed E-state index contributed by atoms with van der Waals surface area (Å²) >= 11 is 0. The van der Waals surface area contributed by atoms with Crippen LogP contribution in [0.5, 0.6) is 0 Å². The highest BCUT2D eigenvalue weighted by Crippen LogP contribution is 2.20. The monoisotopic (exact) mass is 376 g/mol. The van der Waals surface area contributed by atoms with Crippen LogP contribution >= 0.6 is 0 Å². The van der Waals surface area contributed by atoms with Gasteiger partial charge in [0.1, 0.15) is 0 Å².